The van der Waals surface area contributed by atoms with Crippen LogP contribution in [0.25, 0.3) is 11.4 Å². The van der Waals surface area contributed by atoms with Gasteiger partial charge in [-0.3, -0.25) is 0 Å². The first-order chi connectivity index (χ1) is 14.2. The Morgan fingerprint density at radius 3 is 2.55 bits per heavy atom. The lowest BCUT2D eigenvalue weighted by Gasteiger charge is -2.12. The minimum atomic E-state index is 0.657. The highest BCUT2D eigenvalue weighted by Gasteiger charge is 2.16. The quantitative estimate of drug-likeness (QED) is 0.333. The minimum Gasteiger partial charge on any atom is -0.493 e. The third-order valence-electron chi connectivity index (χ3n) is 4.35. The van der Waals surface area contributed by atoms with Gasteiger partial charge in [0.05, 0.1) is 14.2 Å². The molecule has 0 saturated carbocycles. The van der Waals surface area contributed by atoms with E-state index in [1.807, 2.05) is 36.4 Å². The minimum absolute atomic E-state index is 0.657. The number of methoxy groups -OCH3 is 3. The summed E-state index contributed by atoms with van der Waals surface area (Å²) in [6.07, 6.45) is 0.861. The molecule has 0 spiro atoms. The first kappa shape index (κ1) is 21.5. The zero-order chi connectivity index (χ0) is 20.6. The molecule has 29 heavy (non-hydrogen) atoms. The summed E-state index contributed by atoms with van der Waals surface area (Å²) in [6, 6.07) is 13.6. The van der Waals surface area contributed by atoms with Crippen LogP contribution in [0.3, 0.4) is 0 Å². The van der Waals surface area contributed by atoms with Gasteiger partial charge in [-0.2, -0.15) is 0 Å². The number of hydrogen-bond acceptors (Lipinski definition) is 6. The van der Waals surface area contributed by atoms with E-state index in [1.54, 1.807) is 33.1 Å². The van der Waals surface area contributed by atoms with E-state index in [2.05, 4.69) is 20.8 Å². The first-order valence-corrected chi connectivity index (χ1v) is 10.5. The molecule has 0 radical (unpaired) electrons. The van der Waals surface area contributed by atoms with Gasteiger partial charge in [-0.15, -0.1) is 10.2 Å². The van der Waals surface area contributed by atoms with Gasteiger partial charge in [-0.25, -0.2) is 0 Å². The van der Waals surface area contributed by atoms with E-state index in [9.17, 15) is 0 Å². The molecular formula is C21H24ClN3O3S. The summed E-state index contributed by atoms with van der Waals surface area (Å²) in [5.41, 5.74) is 2.06. The van der Waals surface area contributed by atoms with E-state index >= 15 is 0 Å². The van der Waals surface area contributed by atoms with Crippen molar-refractivity contribution in [3.63, 3.8) is 0 Å². The van der Waals surface area contributed by atoms with Crippen molar-refractivity contribution in [2.75, 3.05) is 27.9 Å². The van der Waals surface area contributed by atoms with Crippen LogP contribution in [0.4, 0.5) is 0 Å². The van der Waals surface area contributed by atoms with Gasteiger partial charge in [0.2, 0.25) is 0 Å². The van der Waals surface area contributed by atoms with Crippen molar-refractivity contribution in [1.29, 1.82) is 0 Å². The maximum atomic E-state index is 6.10. The fraction of sp³-hybridized carbons (Fsp3) is 0.333. The van der Waals surface area contributed by atoms with E-state index in [0.29, 0.717) is 18.1 Å². The third-order valence-corrected chi connectivity index (χ3v) is 5.62. The molecule has 0 bridgehead atoms. The van der Waals surface area contributed by atoms with Gasteiger partial charge in [0, 0.05) is 36.6 Å². The predicted molar refractivity (Wildman–Crippen MR) is 116 cm³/mol. The number of thioether (sulfide) groups is 1. The van der Waals surface area contributed by atoms with Crippen molar-refractivity contribution < 1.29 is 14.2 Å². The summed E-state index contributed by atoms with van der Waals surface area (Å²) in [5, 5.41) is 10.5. The number of nitrogens with zero attached hydrogens (tertiary/aromatic N) is 3. The van der Waals surface area contributed by atoms with Crippen LogP contribution in [0.2, 0.25) is 5.02 Å². The normalized spacial score (nSPS) is 10.9. The number of aromatic nitrogens is 3. The summed E-state index contributed by atoms with van der Waals surface area (Å²) in [4.78, 5) is 0. The Bertz CT molecular complexity index is 949. The van der Waals surface area contributed by atoms with Crippen molar-refractivity contribution in [2.45, 2.75) is 23.9 Å². The molecule has 0 aliphatic carbocycles. The lowest BCUT2D eigenvalue weighted by molar-refractivity contribution is 0.189. The van der Waals surface area contributed by atoms with Gasteiger partial charge in [0.25, 0.3) is 0 Å². The molecule has 8 heteroatoms. The van der Waals surface area contributed by atoms with Crippen LogP contribution in [0.5, 0.6) is 11.5 Å². The van der Waals surface area contributed by atoms with E-state index < -0.39 is 0 Å². The van der Waals surface area contributed by atoms with E-state index in [-0.39, 0.29) is 0 Å². The fourth-order valence-corrected chi connectivity index (χ4v) is 4.05. The molecule has 0 atom stereocenters. The van der Waals surface area contributed by atoms with Gasteiger partial charge >= 0.3 is 0 Å². The number of halogens is 1. The maximum absolute atomic E-state index is 6.10. The molecule has 6 nitrogen and oxygen atoms in total. The molecule has 0 unspecified atom stereocenters. The molecule has 154 valence electrons. The Balaban J connectivity index is 1.88. The predicted octanol–water partition coefficient (Wildman–Crippen LogP) is 4.94. The second kappa shape index (κ2) is 10.5. The van der Waals surface area contributed by atoms with E-state index in [0.717, 1.165) is 45.8 Å². The highest BCUT2D eigenvalue weighted by atomic mass is 35.5. The van der Waals surface area contributed by atoms with Crippen LogP contribution >= 0.6 is 23.4 Å². The van der Waals surface area contributed by atoms with Crippen LogP contribution in [0.15, 0.2) is 47.6 Å². The molecule has 0 fully saturated rings. The Kier molecular flexibility index (Phi) is 7.80. The van der Waals surface area contributed by atoms with Crippen molar-refractivity contribution in [3.8, 4) is 22.9 Å². The summed E-state index contributed by atoms with van der Waals surface area (Å²) in [7, 11) is 4.95. The Morgan fingerprint density at radius 1 is 1.00 bits per heavy atom. The fourth-order valence-electron chi connectivity index (χ4n) is 2.93. The van der Waals surface area contributed by atoms with Crippen molar-refractivity contribution in [3.05, 3.63) is 53.1 Å². The molecule has 2 aromatic carbocycles. The van der Waals surface area contributed by atoms with E-state index in [1.165, 1.54) is 0 Å². The number of benzene rings is 2. The molecule has 1 heterocycles. The zero-order valence-corrected chi connectivity index (χ0v) is 18.3. The molecule has 0 saturated heterocycles. The Labute approximate surface area is 180 Å². The largest absolute Gasteiger partial charge is 0.493 e. The molecule has 0 N–H and O–H groups in total. The van der Waals surface area contributed by atoms with Crippen LogP contribution in [0.1, 0.15) is 12.0 Å². The van der Waals surface area contributed by atoms with Crippen molar-refractivity contribution in [1.82, 2.24) is 14.8 Å². The summed E-state index contributed by atoms with van der Waals surface area (Å²) < 4.78 is 18.1. The Hall–Kier alpha value is -2.22. The molecule has 0 amide bonds. The smallest absolute Gasteiger partial charge is 0.191 e. The molecule has 3 rings (SSSR count). The SMILES string of the molecule is COCCCn1c(SCc2cccc(Cl)c2)nnc1-c1ccc(OC)c(OC)c1. The highest BCUT2D eigenvalue weighted by Crippen LogP contribution is 2.33. The summed E-state index contributed by atoms with van der Waals surface area (Å²) in [5.74, 6) is 2.88. The number of rotatable bonds is 10. The van der Waals surface area contributed by atoms with Crippen molar-refractivity contribution in [2.24, 2.45) is 0 Å². The van der Waals surface area contributed by atoms with E-state index in [4.69, 9.17) is 25.8 Å². The van der Waals surface area contributed by atoms with Gasteiger partial charge in [0.1, 0.15) is 0 Å². The molecule has 0 aliphatic rings. The standard InChI is InChI=1S/C21H24ClN3O3S/c1-26-11-5-10-25-20(16-8-9-18(27-2)19(13-16)28-3)23-24-21(25)29-14-15-6-4-7-17(22)12-15/h4,6-9,12-13H,5,10-11,14H2,1-3H3. The second-order valence-electron chi connectivity index (χ2n) is 6.29. The van der Waals surface area contributed by atoms with Crippen LogP contribution in [-0.4, -0.2) is 42.7 Å². The molecular weight excluding hydrogens is 410 g/mol. The van der Waals surface area contributed by atoms with Gasteiger partial charge in [0.15, 0.2) is 22.5 Å². The van der Waals surface area contributed by atoms with Crippen molar-refractivity contribution >= 4 is 23.4 Å². The average molecular weight is 434 g/mol. The number of hydrogen-bond donors (Lipinski definition) is 0. The molecule has 3 aromatic rings. The topological polar surface area (TPSA) is 58.4 Å². The third kappa shape index (κ3) is 5.44. The zero-order valence-electron chi connectivity index (χ0n) is 16.7. The lowest BCUT2D eigenvalue weighted by atomic mass is 10.2. The summed E-state index contributed by atoms with van der Waals surface area (Å²) >= 11 is 7.74. The van der Waals surface area contributed by atoms with Crippen LogP contribution in [0, 0.1) is 0 Å². The second-order valence-corrected chi connectivity index (χ2v) is 7.67. The maximum Gasteiger partial charge on any atom is 0.191 e. The Morgan fingerprint density at radius 2 is 1.83 bits per heavy atom. The van der Waals surface area contributed by atoms with Crippen LogP contribution < -0.4 is 9.47 Å². The summed E-state index contributed by atoms with van der Waals surface area (Å²) in [6.45, 7) is 1.42. The monoisotopic (exact) mass is 433 g/mol. The van der Waals surface area contributed by atoms with Gasteiger partial charge in [-0.1, -0.05) is 35.5 Å². The first-order valence-electron chi connectivity index (χ1n) is 9.18. The van der Waals surface area contributed by atoms with Crippen LogP contribution in [-0.2, 0) is 17.0 Å². The number of ether oxygens (including phenoxy) is 3. The lowest BCUT2D eigenvalue weighted by Crippen LogP contribution is -2.05. The van der Waals surface area contributed by atoms with Gasteiger partial charge < -0.3 is 18.8 Å². The molecule has 0 aliphatic heterocycles. The average Bonchev–Trinajstić information content (AvgIpc) is 3.14. The van der Waals surface area contributed by atoms with Gasteiger partial charge in [-0.05, 0) is 42.3 Å². The highest BCUT2D eigenvalue weighted by molar-refractivity contribution is 7.98. The molecule has 1 aromatic heterocycles.